The lowest BCUT2D eigenvalue weighted by Gasteiger charge is -2.32. The van der Waals surface area contributed by atoms with E-state index in [-0.39, 0.29) is 17.1 Å². The first-order valence-electron chi connectivity index (χ1n) is 6.77. The van der Waals surface area contributed by atoms with Crippen molar-refractivity contribution in [3.63, 3.8) is 0 Å². The van der Waals surface area contributed by atoms with Gasteiger partial charge in [0, 0.05) is 19.1 Å². The van der Waals surface area contributed by atoms with Crippen LogP contribution < -0.4 is 5.32 Å². The second-order valence-electron chi connectivity index (χ2n) is 4.80. The predicted octanol–water partition coefficient (Wildman–Crippen LogP) is 2.67. The van der Waals surface area contributed by atoms with Crippen molar-refractivity contribution in [3.8, 4) is 0 Å². The van der Waals surface area contributed by atoms with Crippen molar-refractivity contribution in [2.45, 2.75) is 25.8 Å². The number of alkyl carbamates (subject to hydrolysis) is 1. The number of halogens is 2. The zero-order valence-electron chi connectivity index (χ0n) is 11.6. The maximum absolute atomic E-state index is 12.4. The van der Waals surface area contributed by atoms with Gasteiger partial charge in [0.15, 0.2) is 0 Å². The monoisotopic (exact) mass is 333 g/mol. The average molecular weight is 334 g/mol. The highest BCUT2D eigenvalue weighted by Gasteiger charge is 2.27. The van der Waals surface area contributed by atoms with E-state index in [0.717, 1.165) is 12.8 Å². The first-order chi connectivity index (χ1) is 10.0. The number of aromatic amines is 1. The molecule has 1 fully saturated rings. The zero-order valence-corrected chi connectivity index (χ0v) is 13.1. The van der Waals surface area contributed by atoms with Gasteiger partial charge in [-0.2, -0.15) is 0 Å². The normalized spacial score (nSPS) is 18.4. The molecular formula is C13H17Cl2N3O3. The number of likely N-dealkylation sites (tertiary alicyclic amines) is 1. The minimum atomic E-state index is -0.456. The van der Waals surface area contributed by atoms with Crippen LogP contribution in [0, 0.1) is 0 Å². The van der Waals surface area contributed by atoms with E-state index in [1.54, 1.807) is 11.8 Å². The molecule has 0 aromatic carbocycles. The van der Waals surface area contributed by atoms with Crippen molar-refractivity contribution >= 4 is 35.2 Å². The summed E-state index contributed by atoms with van der Waals surface area (Å²) in [5.74, 6) is -0.181. The molecule has 116 valence electrons. The Bertz CT molecular complexity index is 513. The SMILES string of the molecule is CCOC(=O)NC1CCCN(C(=O)c2cc(Cl)c(Cl)[nH]2)C1. The number of rotatable bonds is 3. The highest BCUT2D eigenvalue weighted by atomic mass is 35.5. The van der Waals surface area contributed by atoms with Gasteiger partial charge in [0.05, 0.1) is 11.6 Å². The summed E-state index contributed by atoms with van der Waals surface area (Å²) in [6.45, 7) is 3.13. The lowest BCUT2D eigenvalue weighted by molar-refractivity contribution is 0.0681. The van der Waals surface area contributed by atoms with Crippen LogP contribution in [-0.4, -0.2) is 47.6 Å². The number of hydrogen-bond acceptors (Lipinski definition) is 3. The molecule has 0 bridgehead atoms. The van der Waals surface area contributed by atoms with Crippen molar-refractivity contribution in [3.05, 3.63) is 21.9 Å². The number of aromatic nitrogens is 1. The molecule has 1 aromatic heterocycles. The third-order valence-corrected chi connectivity index (χ3v) is 3.95. The molecule has 8 heteroatoms. The number of nitrogens with one attached hydrogen (secondary N) is 2. The number of nitrogens with zero attached hydrogens (tertiary/aromatic N) is 1. The van der Waals surface area contributed by atoms with Gasteiger partial charge >= 0.3 is 6.09 Å². The van der Waals surface area contributed by atoms with Gasteiger partial charge in [-0.15, -0.1) is 0 Å². The van der Waals surface area contributed by atoms with E-state index in [0.29, 0.717) is 30.4 Å². The van der Waals surface area contributed by atoms with Crippen LogP contribution in [0.4, 0.5) is 4.79 Å². The summed E-state index contributed by atoms with van der Waals surface area (Å²) in [6.07, 6.45) is 1.17. The summed E-state index contributed by atoms with van der Waals surface area (Å²) in [4.78, 5) is 28.2. The van der Waals surface area contributed by atoms with Crippen LogP contribution in [0.2, 0.25) is 10.2 Å². The Morgan fingerprint density at radius 2 is 2.29 bits per heavy atom. The molecule has 1 atom stereocenters. The third kappa shape index (κ3) is 4.04. The Kier molecular flexibility index (Phi) is 5.36. The largest absolute Gasteiger partial charge is 0.450 e. The highest BCUT2D eigenvalue weighted by Crippen LogP contribution is 2.23. The molecule has 2 N–H and O–H groups in total. The van der Waals surface area contributed by atoms with Crippen LogP contribution in [0.1, 0.15) is 30.3 Å². The number of piperidine rings is 1. The first-order valence-corrected chi connectivity index (χ1v) is 7.53. The van der Waals surface area contributed by atoms with Gasteiger partial charge in [0.25, 0.3) is 5.91 Å². The Hall–Kier alpha value is -1.40. The molecule has 2 heterocycles. The Labute approximate surface area is 132 Å². The van der Waals surface area contributed by atoms with Crippen molar-refractivity contribution in [1.82, 2.24) is 15.2 Å². The second kappa shape index (κ2) is 7.04. The lowest BCUT2D eigenvalue weighted by atomic mass is 10.1. The minimum absolute atomic E-state index is 0.109. The van der Waals surface area contributed by atoms with Crippen molar-refractivity contribution in [2.75, 3.05) is 19.7 Å². The van der Waals surface area contributed by atoms with Crippen LogP contribution in [0.3, 0.4) is 0 Å². The molecule has 0 saturated carbocycles. The topological polar surface area (TPSA) is 74.4 Å². The van der Waals surface area contributed by atoms with E-state index < -0.39 is 6.09 Å². The Balaban J connectivity index is 1.97. The van der Waals surface area contributed by atoms with E-state index in [1.165, 1.54) is 6.07 Å². The average Bonchev–Trinajstić information content (AvgIpc) is 2.78. The lowest BCUT2D eigenvalue weighted by Crippen LogP contribution is -2.49. The molecule has 0 radical (unpaired) electrons. The summed E-state index contributed by atoms with van der Waals surface area (Å²) in [5.41, 5.74) is 0.349. The maximum atomic E-state index is 12.4. The van der Waals surface area contributed by atoms with E-state index in [4.69, 9.17) is 27.9 Å². The summed E-state index contributed by atoms with van der Waals surface area (Å²) in [5, 5.41) is 3.32. The van der Waals surface area contributed by atoms with Crippen LogP contribution in [0.5, 0.6) is 0 Å². The van der Waals surface area contributed by atoms with E-state index in [9.17, 15) is 9.59 Å². The van der Waals surface area contributed by atoms with Crippen molar-refractivity contribution in [2.24, 2.45) is 0 Å². The molecule has 1 unspecified atom stereocenters. The summed E-state index contributed by atoms with van der Waals surface area (Å²) in [7, 11) is 0. The minimum Gasteiger partial charge on any atom is -0.450 e. The van der Waals surface area contributed by atoms with Gasteiger partial charge < -0.3 is 19.9 Å². The van der Waals surface area contributed by atoms with E-state index in [2.05, 4.69) is 10.3 Å². The highest BCUT2D eigenvalue weighted by molar-refractivity contribution is 6.41. The molecule has 1 aliphatic heterocycles. The molecular weight excluding hydrogens is 317 g/mol. The number of carbonyl (C=O) groups excluding carboxylic acids is 2. The quantitative estimate of drug-likeness (QED) is 0.892. The second-order valence-corrected chi connectivity index (χ2v) is 5.59. The smallest absolute Gasteiger partial charge is 0.407 e. The molecule has 0 spiro atoms. The molecule has 6 nitrogen and oxygen atoms in total. The van der Waals surface area contributed by atoms with Gasteiger partial charge in [-0.3, -0.25) is 4.79 Å². The Morgan fingerprint density at radius 3 is 2.90 bits per heavy atom. The first kappa shape index (κ1) is 16.0. The number of carbonyl (C=O) groups is 2. The van der Waals surface area contributed by atoms with Crippen LogP contribution in [-0.2, 0) is 4.74 Å². The number of amides is 2. The number of hydrogen-bond donors (Lipinski definition) is 2. The summed E-state index contributed by atoms with van der Waals surface area (Å²) >= 11 is 11.7. The van der Waals surface area contributed by atoms with E-state index >= 15 is 0 Å². The zero-order chi connectivity index (χ0) is 15.4. The van der Waals surface area contributed by atoms with Gasteiger partial charge in [-0.05, 0) is 25.8 Å². The Morgan fingerprint density at radius 1 is 1.52 bits per heavy atom. The number of ether oxygens (including phenoxy) is 1. The summed E-state index contributed by atoms with van der Waals surface area (Å²) in [6, 6.07) is 1.40. The van der Waals surface area contributed by atoms with Crippen LogP contribution in [0.15, 0.2) is 6.07 Å². The van der Waals surface area contributed by atoms with Gasteiger partial charge in [0.1, 0.15) is 10.8 Å². The van der Waals surface area contributed by atoms with Crippen LogP contribution in [0.25, 0.3) is 0 Å². The van der Waals surface area contributed by atoms with Crippen molar-refractivity contribution in [1.29, 1.82) is 0 Å². The molecule has 0 aliphatic carbocycles. The predicted molar refractivity (Wildman–Crippen MR) is 79.9 cm³/mol. The third-order valence-electron chi connectivity index (χ3n) is 3.26. The standard InChI is InChI=1S/C13H17Cl2N3O3/c1-2-21-13(20)16-8-4-3-5-18(7-8)12(19)10-6-9(14)11(15)17-10/h6,8,17H,2-5,7H2,1H3,(H,16,20). The molecule has 21 heavy (non-hydrogen) atoms. The van der Waals surface area contributed by atoms with Crippen molar-refractivity contribution < 1.29 is 14.3 Å². The van der Waals surface area contributed by atoms with Gasteiger partial charge in [-0.1, -0.05) is 23.2 Å². The fourth-order valence-corrected chi connectivity index (χ4v) is 2.62. The van der Waals surface area contributed by atoms with E-state index in [1.807, 2.05) is 0 Å². The van der Waals surface area contributed by atoms with Gasteiger partial charge in [-0.25, -0.2) is 4.79 Å². The maximum Gasteiger partial charge on any atom is 0.407 e. The molecule has 1 saturated heterocycles. The molecule has 1 aliphatic rings. The number of H-pyrrole nitrogens is 1. The van der Waals surface area contributed by atoms with Crippen LogP contribution >= 0.6 is 23.2 Å². The fourth-order valence-electron chi connectivity index (χ4n) is 2.31. The van der Waals surface area contributed by atoms with Gasteiger partial charge in [0.2, 0.25) is 0 Å². The summed E-state index contributed by atoms with van der Waals surface area (Å²) < 4.78 is 4.85. The molecule has 2 rings (SSSR count). The molecule has 2 amide bonds. The molecule has 1 aromatic rings. The fraction of sp³-hybridized carbons (Fsp3) is 0.538.